The molecule has 1 aromatic heterocycles. The Balaban J connectivity index is 2.20. The molecule has 1 heterocycles. The van der Waals surface area contributed by atoms with Gasteiger partial charge in [-0.05, 0) is 43.0 Å². The van der Waals surface area contributed by atoms with Crippen LogP contribution < -0.4 is 5.32 Å². The molecule has 0 saturated carbocycles. The molecule has 3 N–H and O–H groups in total. The summed E-state index contributed by atoms with van der Waals surface area (Å²) < 4.78 is 0. The van der Waals surface area contributed by atoms with Crippen molar-refractivity contribution in [3.05, 3.63) is 24.3 Å². The third kappa shape index (κ3) is 6.51. The van der Waals surface area contributed by atoms with Crippen molar-refractivity contribution in [2.75, 3.05) is 18.4 Å². The van der Waals surface area contributed by atoms with E-state index in [4.69, 9.17) is 0 Å². The van der Waals surface area contributed by atoms with E-state index in [0.717, 1.165) is 55.1 Å². The number of aromatic hydroxyl groups is 1. The molecule has 1 amide bonds. The topological polar surface area (TPSA) is 85.4 Å². The number of hydrogen-bond acceptors (Lipinski definition) is 4. The van der Waals surface area contributed by atoms with E-state index in [1.807, 2.05) is 30.9 Å². The first kappa shape index (κ1) is 23.8. The summed E-state index contributed by atoms with van der Waals surface area (Å²) in [6.07, 6.45) is 5.80. The minimum absolute atomic E-state index is 0.0329. The monoisotopic (exact) mass is 415 g/mol. The number of phenols is 1. The highest BCUT2D eigenvalue weighted by Crippen LogP contribution is 2.24. The second-order valence-electron chi connectivity index (χ2n) is 8.50. The summed E-state index contributed by atoms with van der Waals surface area (Å²) in [5, 5.41) is 14.0. The van der Waals surface area contributed by atoms with Crippen LogP contribution in [0.3, 0.4) is 0 Å². The normalized spacial score (nSPS) is 13.4. The number of nitrogens with zero attached hydrogens (tertiary/aromatic N) is 1. The molecule has 6 nitrogen and oxygen atoms in total. The summed E-state index contributed by atoms with van der Waals surface area (Å²) in [5.41, 5.74) is 0.897. The Labute approximate surface area is 180 Å². The predicted molar refractivity (Wildman–Crippen MR) is 123 cm³/mol. The Morgan fingerprint density at radius 1 is 1.20 bits per heavy atom. The molecular formula is C24H37N3O3. The third-order valence-corrected chi connectivity index (χ3v) is 5.50. The van der Waals surface area contributed by atoms with Crippen molar-refractivity contribution in [2.24, 2.45) is 11.8 Å². The summed E-state index contributed by atoms with van der Waals surface area (Å²) in [4.78, 5) is 30.2. The molecule has 30 heavy (non-hydrogen) atoms. The van der Waals surface area contributed by atoms with Gasteiger partial charge < -0.3 is 25.1 Å². The minimum Gasteiger partial charge on any atom is -0.508 e. The van der Waals surface area contributed by atoms with Crippen molar-refractivity contribution >= 4 is 28.9 Å². The molecule has 1 aromatic carbocycles. The van der Waals surface area contributed by atoms with Crippen molar-refractivity contribution in [3.63, 3.8) is 0 Å². The van der Waals surface area contributed by atoms with Crippen LogP contribution in [-0.2, 0) is 9.59 Å². The molecule has 0 radical (unpaired) electrons. The number of carbonyl (C=O) groups excluding carboxylic acids is 2. The van der Waals surface area contributed by atoms with E-state index in [0.29, 0.717) is 13.1 Å². The van der Waals surface area contributed by atoms with Gasteiger partial charge in [0.05, 0.1) is 0 Å². The smallest absolute Gasteiger partial charge is 0.245 e. The number of fused-ring (bicyclic) bond motifs is 1. The van der Waals surface area contributed by atoms with Crippen LogP contribution in [0, 0.1) is 11.8 Å². The molecule has 0 bridgehead atoms. The predicted octanol–water partition coefficient (Wildman–Crippen LogP) is 4.94. The molecule has 0 spiro atoms. The van der Waals surface area contributed by atoms with E-state index in [2.05, 4.69) is 24.1 Å². The van der Waals surface area contributed by atoms with E-state index in [1.165, 1.54) is 0 Å². The number of amides is 1. The number of unbranched alkanes of at least 4 members (excludes halogenated alkanes) is 2. The van der Waals surface area contributed by atoms with Crippen molar-refractivity contribution in [3.8, 4) is 5.75 Å². The van der Waals surface area contributed by atoms with Crippen LogP contribution in [-0.4, -0.2) is 46.3 Å². The summed E-state index contributed by atoms with van der Waals surface area (Å²) in [6.45, 7) is 9.40. The average molecular weight is 416 g/mol. The second-order valence-corrected chi connectivity index (χ2v) is 8.50. The van der Waals surface area contributed by atoms with Gasteiger partial charge in [0.2, 0.25) is 5.91 Å². The highest BCUT2D eigenvalue weighted by molar-refractivity contribution is 5.88. The summed E-state index contributed by atoms with van der Waals surface area (Å²) in [7, 11) is 0. The van der Waals surface area contributed by atoms with Crippen LogP contribution in [0.2, 0.25) is 0 Å². The van der Waals surface area contributed by atoms with Gasteiger partial charge in [-0.1, -0.05) is 47.0 Å². The van der Waals surface area contributed by atoms with Crippen molar-refractivity contribution in [1.82, 2.24) is 9.88 Å². The van der Waals surface area contributed by atoms with Gasteiger partial charge in [-0.3, -0.25) is 4.79 Å². The number of anilines is 1. The molecule has 0 aliphatic heterocycles. The van der Waals surface area contributed by atoms with Crippen LogP contribution in [0.25, 0.3) is 10.9 Å². The van der Waals surface area contributed by atoms with Crippen LogP contribution in [0.15, 0.2) is 24.3 Å². The molecule has 0 saturated heterocycles. The molecule has 1 unspecified atom stereocenters. The molecular weight excluding hydrogens is 378 g/mol. The average Bonchev–Trinajstić information content (AvgIpc) is 3.11. The zero-order valence-electron chi connectivity index (χ0n) is 18.8. The minimum atomic E-state index is -0.401. The Hall–Kier alpha value is -2.50. The Kier molecular flexibility index (Phi) is 9.21. The fourth-order valence-corrected chi connectivity index (χ4v) is 3.78. The van der Waals surface area contributed by atoms with E-state index in [-0.39, 0.29) is 23.5 Å². The molecule has 0 aliphatic rings. The molecule has 2 rings (SSSR count). The van der Waals surface area contributed by atoms with Gasteiger partial charge in [-0.25, -0.2) is 0 Å². The lowest BCUT2D eigenvalue weighted by molar-refractivity contribution is -0.134. The van der Waals surface area contributed by atoms with Gasteiger partial charge in [0, 0.05) is 29.9 Å². The molecule has 6 heteroatoms. The van der Waals surface area contributed by atoms with E-state index in [9.17, 15) is 14.7 Å². The highest BCUT2D eigenvalue weighted by atomic mass is 16.3. The van der Waals surface area contributed by atoms with Crippen molar-refractivity contribution in [2.45, 2.75) is 65.8 Å². The fourth-order valence-electron chi connectivity index (χ4n) is 3.78. The van der Waals surface area contributed by atoms with Gasteiger partial charge in [-0.2, -0.15) is 0 Å². The molecule has 166 valence electrons. The number of carbonyl (C=O) groups is 2. The number of aromatic nitrogens is 1. The van der Waals surface area contributed by atoms with Crippen LogP contribution >= 0.6 is 0 Å². The lowest BCUT2D eigenvalue weighted by Crippen LogP contribution is -2.48. The van der Waals surface area contributed by atoms with Gasteiger partial charge in [0.1, 0.15) is 23.9 Å². The maximum absolute atomic E-state index is 13.5. The van der Waals surface area contributed by atoms with Gasteiger partial charge in [-0.15, -0.1) is 0 Å². The summed E-state index contributed by atoms with van der Waals surface area (Å²) >= 11 is 0. The lowest BCUT2D eigenvalue weighted by Gasteiger charge is -2.31. The number of phenolic OH excluding ortho intramolecular Hbond substituents is 1. The zero-order chi connectivity index (χ0) is 22.1. The largest absolute Gasteiger partial charge is 0.508 e. The van der Waals surface area contributed by atoms with E-state index >= 15 is 0 Å². The highest BCUT2D eigenvalue weighted by Gasteiger charge is 2.28. The van der Waals surface area contributed by atoms with E-state index < -0.39 is 6.04 Å². The van der Waals surface area contributed by atoms with Gasteiger partial charge >= 0.3 is 0 Å². The zero-order valence-corrected chi connectivity index (χ0v) is 18.8. The van der Waals surface area contributed by atoms with E-state index in [1.54, 1.807) is 12.1 Å². The lowest BCUT2D eigenvalue weighted by atomic mass is 10.00. The molecule has 0 aliphatic carbocycles. The van der Waals surface area contributed by atoms with Crippen LogP contribution in [0.1, 0.15) is 59.8 Å². The maximum Gasteiger partial charge on any atom is 0.245 e. The summed E-state index contributed by atoms with van der Waals surface area (Å²) in [5.74, 6) is 0.945. The molecule has 2 aromatic rings. The fraction of sp³-hybridized carbons (Fsp3) is 0.583. The number of H-pyrrole nitrogens is 1. The standard InChI is InChI=1S/C24H37N3O3/c1-5-7-8-12-27(15-18(16-28)9-6-2)24(30)23(17(3)4)26-22-14-19-13-20(29)10-11-21(19)25-22/h10-11,13-14,16-18,23,25-26,29H,5-9,12,15H2,1-4H3/t18?,23-/m1/s1. The van der Waals surface area contributed by atoms with Crippen molar-refractivity contribution < 1.29 is 14.7 Å². The maximum atomic E-state index is 13.5. The van der Waals surface area contributed by atoms with Gasteiger partial charge in [0.15, 0.2) is 0 Å². The Morgan fingerprint density at radius 2 is 1.97 bits per heavy atom. The number of rotatable bonds is 13. The number of hydrogen-bond donors (Lipinski definition) is 3. The number of aromatic amines is 1. The first-order valence-corrected chi connectivity index (χ1v) is 11.2. The first-order chi connectivity index (χ1) is 14.4. The second kappa shape index (κ2) is 11.6. The molecule has 2 atom stereocenters. The SMILES string of the molecule is CCCCCN(CC(C=O)CCC)C(=O)[C@H](Nc1cc2cc(O)ccc2[nH]1)C(C)C. The van der Waals surface area contributed by atoms with Gasteiger partial charge in [0.25, 0.3) is 0 Å². The quantitative estimate of drug-likeness (QED) is 0.319. The number of aldehydes is 1. The third-order valence-electron chi connectivity index (χ3n) is 5.50. The summed E-state index contributed by atoms with van der Waals surface area (Å²) in [6, 6.07) is 6.65. The van der Waals surface area contributed by atoms with Crippen LogP contribution in [0.5, 0.6) is 5.75 Å². The Bertz CT molecular complexity index is 815. The molecule has 0 fully saturated rings. The van der Waals surface area contributed by atoms with Crippen LogP contribution in [0.4, 0.5) is 5.82 Å². The Morgan fingerprint density at radius 3 is 2.60 bits per heavy atom. The number of nitrogens with one attached hydrogen (secondary N) is 2. The van der Waals surface area contributed by atoms with Crippen molar-refractivity contribution in [1.29, 1.82) is 0 Å². The number of benzene rings is 1. The first-order valence-electron chi connectivity index (χ1n) is 11.2.